The first-order chi connectivity index (χ1) is 9.35. The fourth-order valence-electron chi connectivity index (χ4n) is 2.41. The summed E-state index contributed by atoms with van der Waals surface area (Å²) in [7, 11) is 0. The number of rotatable bonds is 7. The highest BCUT2D eigenvalue weighted by atomic mass is 79.9. The van der Waals surface area contributed by atoms with Gasteiger partial charge in [-0.15, -0.1) is 0 Å². The van der Waals surface area contributed by atoms with Crippen LogP contribution in [0, 0.1) is 5.41 Å². The summed E-state index contributed by atoms with van der Waals surface area (Å²) in [5.74, 6) is 0. The molecule has 0 radical (unpaired) electrons. The lowest BCUT2D eigenvalue weighted by molar-refractivity contribution is 0.262. The molecule has 1 heterocycles. The topological polar surface area (TPSA) is 29.9 Å². The van der Waals surface area contributed by atoms with E-state index < -0.39 is 0 Å². The van der Waals surface area contributed by atoms with E-state index in [1.807, 2.05) is 0 Å². The Morgan fingerprint density at radius 1 is 1.25 bits per heavy atom. The zero-order chi connectivity index (χ0) is 15.3. The fourth-order valence-corrected chi connectivity index (χ4v) is 3.13. The molecule has 1 unspecified atom stereocenters. The van der Waals surface area contributed by atoms with E-state index in [2.05, 4.69) is 67.5 Å². The highest BCUT2D eigenvalue weighted by Crippen LogP contribution is 2.28. The molecule has 0 amide bonds. The lowest BCUT2D eigenvalue weighted by atomic mass is 9.84. The Hall–Kier alpha value is -0.350. The standard InChI is InChI=1S/C16H30BrN3/c1-7-10-18-14(16(4,5)6)11-13-15(17)12(8-2)19-20(13)9-3/h14,18H,7-11H2,1-6H3. The van der Waals surface area contributed by atoms with E-state index in [-0.39, 0.29) is 5.41 Å². The zero-order valence-corrected chi connectivity index (χ0v) is 15.5. The fraction of sp³-hybridized carbons (Fsp3) is 0.812. The molecule has 0 saturated heterocycles. The summed E-state index contributed by atoms with van der Waals surface area (Å²) in [6.07, 6.45) is 3.16. The van der Waals surface area contributed by atoms with Gasteiger partial charge in [0.05, 0.1) is 15.9 Å². The van der Waals surface area contributed by atoms with Crippen molar-refractivity contribution in [2.75, 3.05) is 6.54 Å². The minimum Gasteiger partial charge on any atom is -0.313 e. The Labute approximate surface area is 132 Å². The normalized spacial score (nSPS) is 13.8. The van der Waals surface area contributed by atoms with Crippen LogP contribution in [0.1, 0.15) is 59.4 Å². The van der Waals surface area contributed by atoms with Crippen molar-refractivity contribution in [2.45, 2.75) is 73.4 Å². The van der Waals surface area contributed by atoms with Crippen LogP contribution in [0.5, 0.6) is 0 Å². The molecule has 0 aliphatic rings. The molecular formula is C16H30BrN3. The van der Waals surface area contributed by atoms with Crippen LogP contribution in [0.25, 0.3) is 0 Å². The Bertz CT molecular complexity index is 418. The van der Waals surface area contributed by atoms with Crippen molar-refractivity contribution in [1.82, 2.24) is 15.1 Å². The van der Waals surface area contributed by atoms with Crippen LogP contribution in [0.15, 0.2) is 4.47 Å². The summed E-state index contributed by atoms with van der Waals surface area (Å²) >= 11 is 3.76. The molecule has 1 N–H and O–H groups in total. The van der Waals surface area contributed by atoms with E-state index in [4.69, 9.17) is 5.10 Å². The van der Waals surface area contributed by atoms with Crippen LogP contribution in [-0.4, -0.2) is 22.4 Å². The summed E-state index contributed by atoms with van der Waals surface area (Å²) in [6, 6.07) is 0.463. The molecule has 1 rings (SSSR count). The first kappa shape index (κ1) is 17.7. The lowest BCUT2D eigenvalue weighted by Crippen LogP contribution is -2.42. The molecule has 0 aliphatic carbocycles. The average Bonchev–Trinajstić information content (AvgIpc) is 2.69. The third kappa shape index (κ3) is 4.32. The summed E-state index contributed by atoms with van der Waals surface area (Å²) in [5.41, 5.74) is 2.74. The second kappa shape index (κ2) is 7.60. The van der Waals surface area contributed by atoms with E-state index in [0.717, 1.165) is 25.9 Å². The monoisotopic (exact) mass is 343 g/mol. The molecule has 0 fully saturated rings. The number of aryl methyl sites for hydroxylation is 2. The van der Waals surface area contributed by atoms with Gasteiger partial charge >= 0.3 is 0 Å². The Morgan fingerprint density at radius 2 is 1.90 bits per heavy atom. The number of halogens is 1. The maximum Gasteiger partial charge on any atom is 0.0766 e. The van der Waals surface area contributed by atoms with E-state index in [1.54, 1.807) is 0 Å². The van der Waals surface area contributed by atoms with Crippen molar-refractivity contribution in [1.29, 1.82) is 0 Å². The maximum atomic E-state index is 4.70. The zero-order valence-electron chi connectivity index (χ0n) is 13.9. The first-order valence-corrected chi connectivity index (χ1v) is 8.61. The van der Waals surface area contributed by atoms with Crippen molar-refractivity contribution >= 4 is 15.9 Å². The Morgan fingerprint density at radius 3 is 2.35 bits per heavy atom. The minimum atomic E-state index is 0.240. The van der Waals surface area contributed by atoms with Gasteiger partial charge in [0, 0.05) is 19.0 Å². The SMILES string of the molecule is CCCNC(Cc1c(Br)c(CC)nn1CC)C(C)(C)C. The summed E-state index contributed by atoms with van der Waals surface area (Å²) in [4.78, 5) is 0. The van der Waals surface area contributed by atoms with E-state index >= 15 is 0 Å². The number of hydrogen-bond donors (Lipinski definition) is 1. The number of hydrogen-bond acceptors (Lipinski definition) is 2. The van der Waals surface area contributed by atoms with Gasteiger partial charge in [0.1, 0.15) is 0 Å². The third-order valence-electron chi connectivity index (χ3n) is 3.78. The van der Waals surface area contributed by atoms with Crippen LogP contribution in [0.3, 0.4) is 0 Å². The molecule has 1 aromatic heterocycles. The van der Waals surface area contributed by atoms with Gasteiger partial charge in [-0.25, -0.2) is 0 Å². The van der Waals surface area contributed by atoms with Gasteiger partial charge in [-0.3, -0.25) is 4.68 Å². The molecule has 1 aromatic rings. The highest BCUT2D eigenvalue weighted by Gasteiger charge is 2.27. The predicted octanol–water partition coefficient (Wildman–Crippen LogP) is 4.18. The second-order valence-corrected chi connectivity index (χ2v) is 7.25. The van der Waals surface area contributed by atoms with E-state index in [1.165, 1.54) is 22.3 Å². The van der Waals surface area contributed by atoms with Gasteiger partial charge in [-0.1, -0.05) is 34.6 Å². The maximum absolute atomic E-state index is 4.70. The van der Waals surface area contributed by atoms with Crippen LogP contribution in [0.2, 0.25) is 0 Å². The highest BCUT2D eigenvalue weighted by molar-refractivity contribution is 9.10. The number of nitrogens with zero attached hydrogens (tertiary/aromatic N) is 2. The molecular weight excluding hydrogens is 314 g/mol. The van der Waals surface area contributed by atoms with Gasteiger partial charge in [0.15, 0.2) is 0 Å². The summed E-state index contributed by atoms with van der Waals surface area (Å²) < 4.78 is 3.35. The van der Waals surface area contributed by atoms with E-state index in [9.17, 15) is 0 Å². The van der Waals surface area contributed by atoms with E-state index in [0.29, 0.717) is 6.04 Å². The van der Waals surface area contributed by atoms with Crippen LogP contribution < -0.4 is 5.32 Å². The van der Waals surface area contributed by atoms with Crippen LogP contribution in [0.4, 0.5) is 0 Å². The summed E-state index contributed by atoms with van der Waals surface area (Å²) in [6.45, 7) is 15.5. The number of aromatic nitrogens is 2. The van der Waals surface area contributed by atoms with Gasteiger partial charge < -0.3 is 5.32 Å². The molecule has 4 heteroatoms. The van der Waals surface area contributed by atoms with Crippen molar-refractivity contribution in [2.24, 2.45) is 5.41 Å². The molecule has 0 aliphatic heterocycles. The first-order valence-electron chi connectivity index (χ1n) is 7.82. The molecule has 3 nitrogen and oxygen atoms in total. The molecule has 1 atom stereocenters. The molecule has 0 bridgehead atoms. The van der Waals surface area contributed by atoms with Gasteiger partial charge in [-0.05, 0) is 47.7 Å². The smallest absolute Gasteiger partial charge is 0.0766 e. The molecule has 20 heavy (non-hydrogen) atoms. The third-order valence-corrected chi connectivity index (χ3v) is 4.69. The second-order valence-electron chi connectivity index (χ2n) is 6.45. The van der Waals surface area contributed by atoms with Crippen LogP contribution >= 0.6 is 15.9 Å². The predicted molar refractivity (Wildman–Crippen MR) is 90.2 cm³/mol. The van der Waals surface area contributed by atoms with Crippen molar-refractivity contribution in [3.05, 3.63) is 15.9 Å². The average molecular weight is 344 g/mol. The molecule has 0 spiro atoms. The van der Waals surface area contributed by atoms with Crippen molar-refractivity contribution in [3.8, 4) is 0 Å². The number of nitrogens with one attached hydrogen (secondary N) is 1. The van der Waals surface area contributed by atoms with Crippen molar-refractivity contribution < 1.29 is 0 Å². The minimum absolute atomic E-state index is 0.240. The van der Waals surface area contributed by atoms with Gasteiger partial charge in [-0.2, -0.15) is 5.10 Å². The quantitative estimate of drug-likeness (QED) is 0.804. The van der Waals surface area contributed by atoms with Gasteiger partial charge in [0.2, 0.25) is 0 Å². The summed E-state index contributed by atoms with van der Waals surface area (Å²) in [5, 5.41) is 8.41. The Kier molecular flexibility index (Phi) is 6.73. The lowest BCUT2D eigenvalue weighted by Gasteiger charge is -2.32. The molecule has 0 saturated carbocycles. The van der Waals surface area contributed by atoms with Crippen LogP contribution in [-0.2, 0) is 19.4 Å². The molecule has 0 aromatic carbocycles. The van der Waals surface area contributed by atoms with Crippen molar-refractivity contribution in [3.63, 3.8) is 0 Å². The van der Waals surface area contributed by atoms with Gasteiger partial charge in [0.25, 0.3) is 0 Å². The molecule has 116 valence electrons. The largest absolute Gasteiger partial charge is 0.313 e. The Balaban J connectivity index is 3.01.